The molecule has 0 saturated heterocycles. The van der Waals surface area contributed by atoms with E-state index >= 15 is 0 Å². The summed E-state index contributed by atoms with van der Waals surface area (Å²) in [6.07, 6.45) is 0. The summed E-state index contributed by atoms with van der Waals surface area (Å²) in [5, 5.41) is 10.4. The Morgan fingerprint density at radius 2 is 0.811 bits per heavy atom. The van der Waals surface area contributed by atoms with Gasteiger partial charge in [0.05, 0.1) is 5.41 Å². The molecule has 0 bridgehead atoms. The van der Waals surface area contributed by atoms with Crippen LogP contribution in [0.1, 0.15) is 22.3 Å². The third-order valence-corrected chi connectivity index (χ3v) is 12.7. The van der Waals surface area contributed by atoms with Crippen LogP contribution in [0.25, 0.3) is 98.7 Å². The Bertz CT molecular complexity index is 3190. The molecule has 1 spiro atoms. The van der Waals surface area contributed by atoms with Crippen LogP contribution in [0.5, 0.6) is 0 Å². The van der Waals surface area contributed by atoms with Gasteiger partial charge >= 0.3 is 0 Å². The Labute approximate surface area is 307 Å². The summed E-state index contributed by atoms with van der Waals surface area (Å²) < 4.78 is 0. The zero-order valence-corrected chi connectivity index (χ0v) is 28.8. The molecule has 0 aliphatic heterocycles. The van der Waals surface area contributed by atoms with Crippen molar-refractivity contribution in [3.63, 3.8) is 0 Å². The largest absolute Gasteiger partial charge is 0.0725 e. The van der Waals surface area contributed by atoms with Crippen molar-refractivity contribution in [2.75, 3.05) is 0 Å². The van der Waals surface area contributed by atoms with Gasteiger partial charge in [-0.3, -0.25) is 0 Å². The Morgan fingerprint density at radius 3 is 1.53 bits per heavy atom. The molecule has 10 aromatic carbocycles. The van der Waals surface area contributed by atoms with Gasteiger partial charge in [-0.1, -0.05) is 152 Å². The minimum absolute atomic E-state index is 0.366. The first-order valence-corrected chi connectivity index (χ1v) is 18.7. The predicted molar refractivity (Wildman–Crippen MR) is 223 cm³/mol. The number of benzene rings is 10. The topological polar surface area (TPSA) is 0 Å². The normalized spacial score (nSPS) is 13.8. The van der Waals surface area contributed by atoms with E-state index in [1.807, 2.05) is 0 Å². The zero-order valence-electron chi connectivity index (χ0n) is 28.8. The van der Waals surface area contributed by atoms with Crippen LogP contribution < -0.4 is 0 Å². The fourth-order valence-corrected chi connectivity index (χ4v) is 10.7. The molecule has 242 valence electrons. The number of hydrogen-bond acceptors (Lipinski definition) is 0. The van der Waals surface area contributed by atoms with Crippen molar-refractivity contribution < 1.29 is 0 Å². The lowest BCUT2D eigenvalue weighted by atomic mass is 9.70. The second kappa shape index (κ2) is 9.76. The van der Waals surface area contributed by atoms with Crippen LogP contribution in [0.15, 0.2) is 182 Å². The van der Waals surface area contributed by atoms with Crippen LogP contribution in [0.3, 0.4) is 0 Å². The van der Waals surface area contributed by atoms with Crippen molar-refractivity contribution in [3.05, 3.63) is 204 Å². The SMILES string of the molecule is c1ccc2c(c1)-c1ccccc1C21c2ccccc2-c2c1cc1c3c(cccc23)-c2cc3cc(-c4c5ccccc5cc5ccccc45)ccc3cc2-1. The predicted octanol–water partition coefficient (Wildman–Crippen LogP) is 14.0. The van der Waals surface area contributed by atoms with Gasteiger partial charge in [-0.05, 0) is 151 Å². The minimum Gasteiger partial charge on any atom is -0.0619 e. The molecule has 53 heavy (non-hydrogen) atoms. The van der Waals surface area contributed by atoms with Crippen molar-refractivity contribution in [2.45, 2.75) is 5.41 Å². The van der Waals surface area contributed by atoms with Crippen molar-refractivity contribution in [1.29, 1.82) is 0 Å². The van der Waals surface area contributed by atoms with E-state index in [1.54, 1.807) is 0 Å². The molecular weight excluding hydrogens is 637 g/mol. The maximum atomic E-state index is 2.58. The van der Waals surface area contributed by atoms with Crippen LogP contribution in [0.4, 0.5) is 0 Å². The molecule has 3 aliphatic rings. The summed E-state index contributed by atoms with van der Waals surface area (Å²) >= 11 is 0. The average molecular weight is 667 g/mol. The van der Waals surface area contributed by atoms with Crippen LogP contribution >= 0.6 is 0 Å². The van der Waals surface area contributed by atoms with Gasteiger partial charge in [0, 0.05) is 0 Å². The molecule has 0 heterocycles. The van der Waals surface area contributed by atoms with Gasteiger partial charge in [0.2, 0.25) is 0 Å². The van der Waals surface area contributed by atoms with Crippen LogP contribution in [0.2, 0.25) is 0 Å². The lowest BCUT2D eigenvalue weighted by Crippen LogP contribution is -2.25. The quantitative estimate of drug-likeness (QED) is 0.153. The van der Waals surface area contributed by atoms with E-state index in [-0.39, 0.29) is 5.41 Å². The Hall–Kier alpha value is -6.76. The van der Waals surface area contributed by atoms with Crippen LogP contribution in [0, 0.1) is 0 Å². The van der Waals surface area contributed by atoms with E-state index in [4.69, 9.17) is 0 Å². The summed E-state index contributed by atoms with van der Waals surface area (Å²) in [5.74, 6) is 0. The lowest BCUT2D eigenvalue weighted by molar-refractivity contribution is 0.795. The van der Waals surface area contributed by atoms with Gasteiger partial charge in [0.25, 0.3) is 0 Å². The molecular formula is C53H30. The van der Waals surface area contributed by atoms with Gasteiger partial charge in [0.1, 0.15) is 0 Å². The molecule has 0 unspecified atom stereocenters. The van der Waals surface area contributed by atoms with E-state index in [0.29, 0.717) is 0 Å². The number of hydrogen-bond donors (Lipinski definition) is 0. The molecule has 10 aromatic rings. The molecule has 0 saturated carbocycles. The Morgan fingerprint density at radius 1 is 0.264 bits per heavy atom. The first-order chi connectivity index (χ1) is 26.3. The van der Waals surface area contributed by atoms with Crippen LogP contribution in [-0.2, 0) is 5.41 Å². The monoisotopic (exact) mass is 666 g/mol. The zero-order chi connectivity index (χ0) is 34.4. The second-order valence-electron chi connectivity index (χ2n) is 15.1. The van der Waals surface area contributed by atoms with Gasteiger partial charge in [-0.25, -0.2) is 0 Å². The highest BCUT2D eigenvalue weighted by molar-refractivity contribution is 6.23. The molecule has 0 aromatic heterocycles. The molecule has 0 heteroatoms. The maximum absolute atomic E-state index is 2.58. The first kappa shape index (κ1) is 27.9. The molecule has 0 N–H and O–H groups in total. The smallest absolute Gasteiger partial charge is 0.0619 e. The number of rotatable bonds is 1. The Kier molecular flexibility index (Phi) is 5.14. The highest BCUT2D eigenvalue weighted by atomic mass is 14.5. The summed E-state index contributed by atoms with van der Waals surface area (Å²) in [6, 6.07) is 68.9. The minimum atomic E-state index is -0.366. The lowest BCUT2D eigenvalue weighted by Gasteiger charge is -2.30. The molecule has 0 amide bonds. The second-order valence-corrected chi connectivity index (χ2v) is 15.1. The highest BCUT2D eigenvalue weighted by Crippen LogP contribution is 2.65. The maximum Gasteiger partial charge on any atom is 0.0725 e. The standard InChI is InChI=1S/C53H30/c1-3-14-36-32(12-1)26-33-13-2-4-15-37(33)50(36)34-25-24-31-28-44-43(29-35(31)27-34)40-19-11-20-42-51(40)45(44)30-49-52(42)41-18-7-10-23-48(41)53(49)46-21-8-5-16-38(46)39-17-6-9-22-47(39)53/h1-30H. The van der Waals surface area contributed by atoms with Gasteiger partial charge in [-0.15, -0.1) is 0 Å². The fourth-order valence-electron chi connectivity index (χ4n) is 10.7. The average Bonchev–Trinajstić information content (AvgIpc) is 3.81. The molecule has 3 aliphatic carbocycles. The van der Waals surface area contributed by atoms with Gasteiger partial charge < -0.3 is 0 Å². The van der Waals surface area contributed by atoms with Crippen LogP contribution in [-0.4, -0.2) is 0 Å². The van der Waals surface area contributed by atoms with E-state index in [9.17, 15) is 0 Å². The first-order valence-electron chi connectivity index (χ1n) is 18.7. The van der Waals surface area contributed by atoms with E-state index in [0.717, 1.165) is 0 Å². The third kappa shape index (κ3) is 3.34. The van der Waals surface area contributed by atoms with E-state index in [2.05, 4.69) is 182 Å². The van der Waals surface area contributed by atoms with Crippen molar-refractivity contribution in [3.8, 4) is 55.6 Å². The molecule has 0 atom stereocenters. The summed E-state index contributed by atoms with van der Waals surface area (Å²) in [7, 11) is 0. The number of fused-ring (bicyclic) bond motifs is 17. The van der Waals surface area contributed by atoms with Gasteiger partial charge in [-0.2, -0.15) is 0 Å². The molecule has 0 fully saturated rings. The summed E-state index contributed by atoms with van der Waals surface area (Å²) in [6.45, 7) is 0. The van der Waals surface area contributed by atoms with Crippen molar-refractivity contribution in [1.82, 2.24) is 0 Å². The molecule has 13 rings (SSSR count). The van der Waals surface area contributed by atoms with Crippen molar-refractivity contribution in [2.24, 2.45) is 0 Å². The van der Waals surface area contributed by atoms with Gasteiger partial charge in [0.15, 0.2) is 0 Å². The van der Waals surface area contributed by atoms with E-state index in [1.165, 1.54) is 121 Å². The summed E-state index contributed by atoms with van der Waals surface area (Å²) in [4.78, 5) is 0. The third-order valence-electron chi connectivity index (χ3n) is 12.7. The Balaban J connectivity index is 1.09. The fraction of sp³-hybridized carbons (Fsp3) is 0.0189. The molecule has 0 radical (unpaired) electrons. The van der Waals surface area contributed by atoms with E-state index < -0.39 is 0 Å². The molecule has 0 nitrogen and oxygen atoms in total. The highest BCUT2D eigenvalue weighted by Gasteiger charge is 2.52. The summed E-state index contributed by atoms with van der Waals surface area (Å²) in [5.41, 5.74) is 18.6. The van der Waals surface area contributed by atoms with Crippen molar-refractivity contribution >= 4 is 43.1 Å².